The Bertz CT molecular complexity index is 1200. The highest BCUT2D eigenvalue weighted by Crippen LogP contribution is 2.28. The highest BCUT2D eigenvalue weighted by molar-refractivity contribution is 7.20. The number of nitrogens with zero attached hydrogens (tertiary/aromatic N) is 2. The average molecular weight is 477 g/mol. The smallest absolute Gasteiger partial charge is 0.274 e. The van der Waals surface area contributed by atoms with Crippen LogP contribution in [0.3, 0.4) is 0 Å². The van der Waals surface area contributed by atoms with E-state index in [-0.39, 0.29) is 6.10 Å². The molecule has 5 aromatic rings. The zero-order valence-corrected chi connectivity index (χ0v) is 20.6. The summed E-state index contributed by atoms with van der Waals surface area (Å²) < 4.78 is 13.8. The van der Waals surface area contributed by atoms with Crippen LogP contribution in [0.2, 0.25) is 0 Å². The van der Waals surface area contributed by atoms with Gasteiger partial charge >= 0.3 is 0 Å². The highest BCUT2D eigenvalue weighted by Gasteiger charge is 2.08. The molecule has 0 aliphatic heterocycles. The average Bonchev–Trinajstić information content (AvgIpc) is 3.43. The van der Waals surface area contributed by atoms with E-state index in [0.29, 0.717) is 6.61 Å². The van der Waals surface area contributed by atoms with Gasteiger partial charge in [0.05, 0.1) is 33.1 Å². The lowest BCUT2D eigenvalue weighted by atomic mass is 10.2. The Balaban J connectivity index is 0.000000160. The first-order valence-electron chi connectivity index (χ1n) is 11.3. The molecule has 0 saturated heterocycles. The summed E-state index contributed by atoms with van der Waals surface area (Å²) in [5.74, 6) is 0. The quantitative estimate of drug-likeness (QED) is 0.229. The van der Waals surface area contributed by atoms with Crippen molar-refractivity contribution in [2.24, 2.45) is 0 Å². The first kappa shape index (κ1) is 23.2. The van der Waals surface area contributed by atoms with Crippen molar-refractivity contribution < 1.29 is 9.47 Å². The second-order valence-electron chi connectivity index (χ2n) is 7.70. The van der Waals surface area contributed by atoms with Gasteiger partial charge in [-0.2, -0.15) is 0 Å². The van der Waals surface area contributed by atoms with Crippen molar-refractivity contribution in [2.75, 3.05) is 6.61 Å². The molecule has 0 N–H and O–H groups in total. The highest BCUT2D eigenvalue weighted by atomic mass is 32.1. The maximum Gasteiger partial charge on any atom is 0.274 e. The molecule has 1 unspecified atom stereocenters. The predicted octanol–water partition coefficient (Wildman–Crippen LogP) is 7.78. The van der Waals surface area contributed by atoms with E-state index < -0.39 is 0 Å². The number of benzene rings is 3. The summed E-state index contributed by atoms with van der Waals surface area (Å²) in [6.45, 7) is 4.93. The van der Waals surface area contributed by atoms with Gasteiger partial charge in [0.15, 0.2) is 0 Å². The molecule has 5 rings (SSSR count). The van der Waals surface area contributed by atoms with Crippen molar-refractivity contribution in [3.05, 3.63) is 84.4 Å². The van der Waals surface area contributed by atoms with Crippen LogP contribution in [0, 0.1) is 0 Å². The lowest BCUT2D eigenvalue weighted by molar-refractivity contribution is 0.209. The minimum atomic E-state index is 0.260. The molecule has 0 fully saturated rings. The molecular weight excluding hydrogens is 448 g/mol. The van der Waals surface area contributed by atoms with Gasteiger partial charge in [-0.3, -0.25) is 0 Å². The number of hydrogen-bond donors (Lipinski definition) is 0. The Morgan fingerprint density at radius 1 is 0.758 bits per heavy atom. The summed E-state index contributed by atoms with van der Waals surface area (Å²) in [5.41, 5.74) is 3.33. The zero-order valence-electron chi connectivity index (χ0n) is 18.9. The van der Waals surface area contributed by atoms with Crippen molar-refractivity contribution in [1.29, 1.82) is 0 Å². The number of fused-ring (bicyclic) bond motifs is 2. The van der Waals surface area contributed by atoms with Gasteiger partial charge in [-0.25, -0.2) is 9.97 Å². The predicted molar refractivity (Wildman–Crippen MR) is 140 cm³/mol. The summed E-state index contributed by atoms with van der Waals surface area (Å²) in [6, 6.07) is 26.6. The molecular formula is C27H28N2O2S2. The standard InChI is InChI=1S/C15H13NOS.C12H15NOS/c1-2-6-12(7-3-1)10-11-17-15-16-13-8-4-5-9-14(13)18-15;1-3-6-9(2)14-12-13-10-7-4-5-8-11(10)15-12/h1-9H,10-11H2;4-5,7-9H,3,6H2,1-2H3. The molecule has 0 aliphatic rings. The number of aromatic nitrogens is 2. The largest absolute Gasteiger partial charge is 0.470 e. The van der Waals surface area contributed by atoms with Gasteiger partial charge in [-0.1, -0.05) is 90.6 Å². The first-order valence-corrected chi connectivity index (χ1v) is 12.9. The van der Waals surface area contributed by atoms with Crippen LogP contribution in [-0.4, -0.2) is 22.7 Å². The number of rotatable bonds is 8. The summed E-state index contributed by atoms with van der Waals surface area (Å²) >= 11 is 3.22. The molecule has 3 aromatic carbocycles. The van der Waals surface area contributed by atoms with Crippen LogP contribution < -0.4 is 9.47 Å². The summed E-state index contributed by atoms with van der Waals surface area (Å²) in [5, 5.41) is 1.55. The Morgan fingerprint density at radius 2 is 1.33 bits per heavy atom. The van der Waals surface area contributed by atoms with Crippen molar-refractivity contribution in [1.82, 2.24) is 9.97 Å². The molecule has 6 heteroatoms. The van der Waals surface area contributed by atoms with E-state index >= 15 is 0 Å². The van der Waals surface area contributed by atoms with Crippen LogP contribution in [0.25, 0.3) is 20.4 Å². The molecule has 2 aromatic heterocycles. The van der Waals surface area contributed by atoms with E-state index in [1.165, 1.54) is 15.0 Å². The monoisotopic (exact) mass is 476 g/mol. The van der Waals surface area contributed by atoms with E-state index in [2.05, 4.69) is 48.1 Å². The molecule has 0 amide bonds. The third-order valence-electron chi connectivity index (χ3n) is 5.00. The van der Waals surface area contributed by atoms with Gasteiger partial charge in [0, 0.05) is 6.42 Å². The SMILES string of the molecule is CCCC(C)Oc1nc2ccccc2s1.c1ccc(CCOc2nc3ccccc3s2)cc1. The number of ether oxygens (including phenoxy) is 2. The fourth-order valence-electron chi connectivity index (χ4n) is 3.35. The molecule has 0 aliphatic carbocycles. The third-order valence-corrected chi connectivity index (χ3v) is 6.88. The molecule has 0 bridgehead atoms. The van der Waals surface area contributed by atoms with Crippen molar-refractivity contribution in [2.45, 2.75) is 39.2 Å². The van der Waals surface area contributed by atoms with Crippen molar-refractivity contribution in [3.63, 3.8) is 0 Å². The van der Waals surface area contributed by atoms with Gasteiger partial charge in [0.1, 0.15) is 0 Å². The van der Waals surface area contributed by atoms with Gasteiger partial charge in [0.25, 0.3) is 10.4 Å². The Morgan fingerprint density at radius 3 is 1.97 bits per heavy atom. The van der Waals surface area contributed by atoms with Crippen LogP contribution in [0.4, 0.5) is 0 Å². The molecule has 0 radical (unpaired) electrons. The van der Waals surface area contributed by atoms with Crippen LogP contribution in [0.1, 0.15) is 32.3 Å². The molecule has 2 heterocycles. The van der Waals surface area contributed by atoms with Crippen molar-refractivity contribution in [3.8, 4) is 10.4 Å². The molecule has 33 heavy (non-hydrogen) atoms. The number of hydrogen-bond acceptors (Lipinski definition) is 6. The molecule has 4 nitrogen and oxygen atoms in total. The topological polar surface area (TPSA) is 44.2 Å². The third kappa shape index (κ3) is 6.76. The number of thiazole rings is 2. The van der Waals surface area contributed by atoms with Crippen LogP contribution in [0.5, 0.6) is 10.4 Å². The van der Waals surface area contributed by atoms with Crippen LogP contribution in [0.15, 0.2) is 78.9 Å². The Kier molecular flexibility index (Phi) is 8.28. The van der Waals surface area contributed by atoms with Crippen molar-refractivity contribution >= 4 is 43.1 Å². The van der Waals surface area contributed by atoms with Crippen LogP contribution >= 0.6 is 22.7 Å². The normalized spacial score (nSPS) is 11.7. The van der Waals surface area contributed by atoms with Gasteiger partial charge in [-0.05, 0) is 43.2 Å². The lowest BCUT2D eigenvalue weighted by Gasteiger charge is -2.09. The van der Waals surface area contributed by atoms with Gasteiger partial charge in [-0.15, -0.1) is 0 Å². The minimum Gasteiger partial charge on any atom is -0.470 e. The summed E-state index contributed by atoms with van der Waals surface area (Å²) in [4.78, 5) is 8.87. The molecule has 0 spiro atoms. The van der Waals surface area contributed by atoms with E-state index in [4.69, 9.17) is 9.47 Å². The fraction of sp³-hybridized carbons (Fsp3) is 0.259. The Hall–Kier alpha value is -2.96. The molecule has 1 atom stereocenters. The maximum absolute atomic E-state index is 5.75. The summed E-state index contributed by atoms with van der Waals surface area (Å²) in [6.07, 6.45) is 3.40. The van der Waals surface area contributed by atoms with Crippen LogP contribution in [-0.2, 0) is 6.42 Å². The fourth-order valence-corrected chi connectivity index (χ4v) is 5.10. The zero-order chi connectivity index (χ0) is 22.9. The first-order chi connectivity index (χ1) is 16.2. The van der Waals surface area contributed by atoms with E-state index in [1.807, 2.05) is 54.6 Å². The van der Waals surface area contributed by atoms with E-state index in [9.17, 15) is 0 Å². The van der Waals surface area contributed by atoms with Gasteiger partial charge < -0.3 is 9.47 Å². The summed E-state index contributed by atoms with van der Waals surface area (Å²) in [7, 11) is 0. The van der Waals surface area contributed by atoms with E-state index in [0.717, 1.165) is 40.7 Å². The van der Waals surface area contributed by atoms with E-state index in [1.54, 1.807) is 22.7 Å². The minimum absolute atomic E-state index is 0.260. The maximum atomic E-state index is 5.75. The lowest BCUT2D eigenvalue weighted by Crippen LogP contribution is -2.10. The molecule has 170 valence electrons. The number of para-hydroxylation sites is 2. The molecule has 0 saturated carbocycles. The second kappa shape index (κ2) is 11.8. The second-order valence-corrected chi connectivity index (χ2v) is 9.68. The Labute approximate surface area is 202 Å². The van der Waals surface area contributed by atoms with Gasteiger partial charge in [0.2, 0.25) is 0 Å².